The normalized spacial score (nSPS) is 10.7. The van der Waals surface area contributed by atoms with Gasteiger partial charge in [0.05, 0.1) is 17.9 Å². The molecule has 0 radical (unpaired) electrons. The smallest absolute Gasteiger partial charge is 0.338 e. The van der Waals surface area contributed by atoms with E-state index in [0.29, 0.717) is 12.2 Å². The van der Waals surface area contributed by atoms with Gasteiger partial charge >= 0.3 is 5.97 Å². The molecule has 108 valence electrons. The Bertz CT molecular complexity index is 615. The van der Waals surface area contributed by atoms with E-state index in [-0.39, 0.29) is 11.7 Å². The summed E-state index contributed by atoms with van der Waals surface area (Å²) in [7, 11) is 0. The fourth-order valence-electron chi connectivity index (χ4n) is 1.67. The molecule has 0 spiro atoms. The first-order valence-corrected chi connectivity index (χ1v) is 6.79. The highest BCUT2D eigenvalue weighted by Crippen LogP contribution is 2.15. The van der Waals surface area contributed by atoms with Gasteiger partial charge in [-0.1, -0.05) is 6.92 Å². The maximum absolute atomic E-state index is 11.6. The lowest BCUT2D eigenvalue weighted by Crippen LogP contribution is -2.05. The first-order valence-electron chi connectivity index (χ1n) is 6.79. The number of nitrogens with zero attached hydrogens (tertiary/aromatic N) is 1. The van der Waals surface area contributed by atoms with Crippen molar-refractivity contribution < 1.29 is 14.6 Å². The Morgan fingerprint density at radius 2 is 1.81 bits per heavy atom. The van der Waals surface area contributed by atoms with Crippen LogP contribution in [0.2, 0.25) is 0 Å². The Morgan fingerprint density at radius 3 is 2.43 bits per heavy atom. The van der Waals surface area contributed by atoms with Crippen molar-refractivity contribution in [3.63, 3.8) is 0 Å². The summed E-state index contributed by atoms with van der Waals surface area (Å²) in [5.74, 6) is -0.0898. The van der Waals surface area contributed by atoms with Crippen molar-refractivity contribution in [3.8, 4) is 5.75 Å². The Kier molecular flexibility index (Phi) is 5.10. The maximum atomic E-state index is 11.6. The first kappa shape index (κ1) is 14.8. The molecule has 0 amide bonds. The Morgan fingerprint density at radius 1 is 1.14 bits per heavy atom. The third kappa shape index (κ3) is 4.45. The van der Waals surface area contributed by atoms with Crippen molar-refractivity contribution in [3.05, 3.63) is 59.7 Å². The summed E-state index contributed by atoms with van der Waals surface area (Å²) in [5, 5.41) is 9.20. The number of rotatable bonds is 5. The van der Waals surface area contributed by atoms with Crippen LogP contribution in [0.1, 0.15) is 29.3 Å². The summed E-state index contributed by atoms with van der Waals surface area (Å²) in [5.41, 5.74) is 2.15. The van der Waals surface area contributed by atoms with E-state index in [1.807, 2.05) is 6.92 Å². The molecule has 0 unspecified atom stereocenters. The van der Waals surface area contributed by atoms with E-state index in [9.17, 15) is 9.90 Å². The van der Waals surface area contributed by atoms with E-state index in [4.69, 9.17) is 4.74 Å². The van der Waals surface area contributed by atoms with E-state index in [0.717, 1.165) is 17.7 Å². The second-order valence-corrected chi connectivity index (χ2v) is 4.53. The Hall–Kier alpha value is -2.62. The molecule has 21 heavy (non-hydrogen) atoms. The van der Waals surface area contributed by atoms with Crippen molar-refractivity contribution >= 4 is 17.9 Å². The molecular weight excluding hydrogens is 266 g/mol. The fraction of sp³-hybridized carbons (Fsp3) is 0.176. The molecule has 0 aliphatic carbocycles. The SMILES string of the molecule is CCCOC(=O)c1ccc(N=Cc2ccc(O)cc2)cc1. The van der Waals surface area contributed by atoms with Crippen molar-refractivity contribution in [2.45, 2.75) is 13.3 Å². The first-order chi connectivity index (χ1) is 10.2. The van der Waals surface area contributed by atoms with Gasteiger partial charge < -0.3 is 9.84 Å². The zero-order valence-corrected chi connectivity index (χ0v) is 11.8. The van der Waals surface area contributed by atoms with Crippen LogP contribution in [-0.4, -0.2) is 23.9 Å². The van der Waals surface area contributed by atoms with E-state index >= 15 is 0 Å². The number of phenolic OH excluding ortho intramolecular Hbond substituents is 1. The molecule has 2 rings (SSSR count). The van der Waals surface area contributed by atoms with Gasteiger partial charge in [-0.2, -0.15) is 0 Å². The van der Waals surface area contributed by atoms with Gasteiger partial charge in [-0.05, 0) is 60.5 Å². The highest BCUT2D eigenvalue weighted by molar-refractivity contribution is 5.90. The van der Waals surface area contributed by atoms with Crippen LogP contribution in [0.5, 0.6) is 5.75 Å². The van der Waals surface area contributed by atoms with Gasteiger partial charge in [-0.3, -0.25) is 4.99 Å². The van der Waals surface area contributed by atoms with E-state index < -0.39 is 0 Å². The highest BCUT2D eigenvalue weighted by atomic mass is 16.5. The van der Waals surface area contributed by atoms with Gasteiger partial charge in [0.1, 0.15) is 5.75 Å². The summed E-state index contributed by atoms with van der Waals surface area (Å²) in [6.45, 7) is 2.38. The molecule has 0 aliphatic rings. The third-order valence-electron chi connectivity index (χ3n) is 2.80. The second kappa shape index (κ2) is 7.24. The van der Waals surface area contributed by atoms with Crippen LogP contribution in [0.4, 0.5) is 5.69 Å². The zero-order valence-electron chi connectivity index (χ0n) is 11.8. The topological polar surface area (TPSA) is 58.9 Å². The number of ether oxygens (including phenoxy) is 1. The fourth-order valence-corrected chi connectivity index (χ4v) is 1.67. The summed E-state index contributed by atoms with van der Waals surface area (Å²) in [6.07, 6.45) is 2.50. The predicted molar refractivity (Wildman–Crippen MR) is 82.4 cm³/mol. The van der Waals surface area contributed by atoms with Gasteiger partial charge in [-0.15, -0.1) is 0 Å². The maximum Gasteiger partial charge on any atom is 0.338 e. The number of phenols is 1. The number of carbonyl (C=O) groups excluding carboxylic acids is 1. The number of aliphatic imine (C=N–C) groups is 1. The van der Waals surface area contributed by atoms with Gasteiger partial charge in [0.15, 0.2) is 0 Å². The van der Waals surface area contributed by atoms with Crippen LogP contribution in [-0.2, 0) is 4.74 Å². The molecule has 4 heteroatoms. The van der Waals surface area contributed by atoms with E-state index in [2.05, 4.69) is 4.99 Å². The minimum atomic E-state index is -0.314. The molecule has 0 fully saturated rings. The zero-order chi connectivity index (χ0) is 15.1. The number of hydrogen-bond acceptors (Lipinski definition) is 4. The molecule has 4 nitrogen and oxygen atoms in total. The number of hydrogen-bond donors (Lipinski definition) is 1. The minimum absolute atomic E-state index is 0.224. The molecule has 0 aromatic heterocycles. The largest absolute Gasteiger partial charge is 0.508 e. The standard InChI is InChI=1S/C17H17NO3/c1-2-11-21-17(20)14-5-7-15(8-6-14)18-12-13-3-9-16(19)10-4-13/h3-10,12,19H,2,11H2,1H3. The lowest BCUT2D eigenvalue weighted by atomic mass is 10.2. The van der Waals surface area contributed by atoms with Crippen LogP contribution < -0.4 is 0 Å². The average Bonchev–Trinajstić information content (AvgIpc) is 2.52. The molecule has 0 saturated carbocycles. The van der Waals surface area contributed by atoms with Crippen LogP contribution in [0.15, 0.2) is 53.5 Å². The lowest BCUT2D eigenvalue weighted by Gasteiger charge is -2.03. The number of aromatic hydroxyl groups is 1. The van der Waals surface area contributed by atoms with Gasteiger partial charge in [-0.25, -0.2) is 4.79 Å². The average molecular weight is 283 g/mol. The lowest BCUT2D eigenvalue weighted by molar-refractivity contribution is 0.0505. The summed E-state index contributed by atoms with van der Waals surface area (Å²) in [6, 6.07) is 13.7. The minimum Gasteiger partial charge on any atom is -0.508 e. The third-order valence-corrected chi connectivity index (χ3v) is 2.80. The molecule has 1 N–H and O–H groups in total. The Balaban J connectivity index is 2.02. The molecule has 0 bridgehead atoms. The van der Waals surface area contributed by atoms with Crippen LogP contribution in [0, 0.1) is 0 Å². The molecule has 2 aromatic carbocycles. The van der Waals surface area contributed by atoms with Crippen molar-refractivity contribution in [1.29, 1.82) is 0 Å². The molecule has 0 heterocycles. The van der Waals surface area contributed by atoms with E-state index in [1.165, 1.54) is 0 Å². The number of benzene rings is 2. The van der Waals surface area contributed by atoms with Gasteiger partial charge in [0, 0.05) is 6.21 Å². The van der Waals surface area contributed by atoms with E-state index in [1.54, 1.807) is 54.7 Å². The van der Waals surface area contributed by atoms with Gasteiger partial charge in [0.2, 0.25) is 0 Å². The second-order valence-electron chi connectivity index (χ2n) is 4.53. The molecule has 0 aliphatic heterocycles. The van der Waals surface area contributed by atoms with Gasteiger partial charge in [0.25, 0.3) is 0 Å². The number of carbonyl (C=O) groups is 1. The predicted octanol–water partition coefficient (Wildman–Crippen LogP) is 3.71. The van der Waals surface area contributed by atoms with Crippen LogP contribution in [0.3, 0.4) is 0 Å². The van der Waals surface area contributed by atoms with Crippen LogP contribution in [0.25, 0.3) is 0 Å². The molecule has 2 aromatic rings. The quantitative estimate of drug-likeness (QED) is 0.672. The highest BCUT2D eigenvalue weighted by Gasteiger charge is 2.05. The monoisotopic (exact) mass is 283 g/mol. The van der Waals surface area contributed by atoms with Crippen LogP contribution >= 0.6 is 0 Å². The van der Waals surface area contributed by atoms with Crippen molar-refractivity contribution in [2.24, 2.45) is 4.99 Å². The molecular formula is C17H17NO3. The summed E-state index contributed by atoms with van der Waals surface area (Å²) in [4.78, 5) is 16.0. The van der Waals surface area contributed by atoms with Crippen molar-refractivity contribution in [1.82, 2.24) is 0 Å². The Labute approximate surface area is 123 Å². The van der Waals surface area contributed by atoms with Crippen molar-refractivity contribution in [2.75, 3.05) is 6.61 Å². The summed E-state index contributed by atoms with van der Waals surface area (Å²) < 4.78 is 5.06. The molecule has 0 saturated heterocycles. The summed E-state index contributed by atoms with van der Waals surface area (Å²) >= 11 is 0. The number of esters is 1. The molecule has 0 atom stereocenters.